The summed E-state index contributed by atoms with van der Waals surface area (Å²) in [5, 5.41) is 14.5. The number of rotatable bonds is 4. The Bertz CT molecular complexity index is 782. The topological polar surface area (TPSA) is 72.7 Å². The van der Waals surface area contributed by atoms with Crippen molar-refractivity contribution in [2.45, 2.75) is 13.5 Å². The molecule has 1 heterocycles. The van der Waals surface area contributed by atoms with E-state index >= 15 is 0 Å². The van der Waals surface area contributed by atoms with Crippen molar-refractivity contribution < 1.29 is 4.79 Å². The number of hydrogen-bond acceptors (Lipinski definition) is 4. The first-order chi connectivity index (χ1) is 10.8. The van der Waals surface area contributed by atoms with E-state index < -0.39 is 0 Å². The van der Waals surface area contributed by atoms with Gasteiger partial charge in [0, 0.05) is 5.56 Å². The highest BCUT2D eigenvalue weighted by molar-refractivity contribution is 5.95. The van der Waals surface area contributed by atoms with Crippen LogP contribution in [0.4, 0.5) is 0 Å². The molecule has 2 aromatic carbocycles. The summed E-state index contributed by atoms with van der Waals surface area (Å²) < 4.78 is 1.61. The lowest BCUT2D eigenvalue weighted by Crippen LogP contribution is -2.25. The Morgan fingerprint density at radius 1 is 1.09 bits per heavy atom. The van der Waals surface area contributed by atoms with Crippen LogP contribution in [0.25, 0.3) is 5.69 Å². The molecule has 1 amide bonds. The largest absolute Gasteiger partial charge is 0.345 e. The Morgan fingerprint density at radius 2 is 1.82 bits per heavy atom. The van der Waals surface area contributed by atoms with Crippen molar-refractivity contribution >= 4 is 5.91 Å². The average Bonchev–Trinajstić information content (AvgIpc) is 3.02. The Morgan fingerprint density at radius 3 is 2.59 bits per heavy atom. The van der Waals surface area contributed by atoms with Crippen LogP contribution in [0.2, 0.25) is 0 Å². The number of hydrogen-bond donors (Lipinski definition) is 1. The van der Waals surface area contributed by atoms with Gasteiger partial charge in [-0.3, -0.25) is 4.79 Å². The third-order valence-electron chi connectivity index (χ3n) is 3.33. The van der Waals surface area contributed by atoms with Crippen molar-refractivity contribution in [1.82, 2.24) is 25.5 Å². The van der Waals surface area contributed by atoms with Gasteiger partial charge in [-0.1, -0.05) is 36.4 Å². The number of nitrogens with zero attached hydrogens (tertiary/aromatic N) is 4. The molecule has 0 spiro atoms. The molecule has 6 nitrogen and oxygen atoms in total. The van der Waals surface area contributed by atoms with Gasteiger partial charge >= 0.3 is 0 Å². The van der Waals surface area contributed by atoms with Gasteiger partial charge < -0.3 is 5.32 Å². The zero-order valence-electron chi connectivity index (χ0n) is 12.1. The van der Waals surface area contributed by atoms with Gasteiger partial charge in [-0.2, -0.15) is 4.68 Å². The number of aryl methyl sites for hydroxylation is 1. The molecular formula is C16H15N5O. The molecular weight excluding hydrogens is 278 g/mol. The number of carbonyl (C=O) groups excluding carboxylic acids is 1. The minimum atomic E-state index is -0.138. The standard InChI is InChI=1S/C16H15N5O/c1-12-7-5-6-10-14(12)16(22)17-11-15-18-19-20-21(15)13-8-3-2-4-9-13/h2-10H,11H2,1H3,(H,17,22). The van der Waals surface area contributed by atoms with Crippen LogP contribution in [-0.4, -0.2) is 26.1 Å². The van der Waals surface area contributed by atoms with Crippen LogP contribution in [0.3, 0.4) is 0 Å². The maximum atomic E-state index is 12.2. The molecule has 1 aromatic heterocycles. The summed E-state index contributed by atoms with van der Waals surface area (Å²) in [4.78, 5) is 12.2. The lowest BCUT2D eigenvalue weighted by molar-refractivity contribution is 0.0949. The van der Waals surface area contributed by atoms with Crippen molar-refractivity contribution in [3.8, 4) is 5.69 Å². The molecule has 0 aliphatic carbocycles. The number of amides is 1. The lowest BCUT2D eigenvalue weighted by atomic mass is 10.1. The molecule has 0 aliphatic heterocycles. The van der Waals surface area contributed by atoms with Gasteiger partial charge in [-0.15, -0.1) is 5.10 Å². The molecule has 0 unspecified atom stereocenters. The SMILES string of the molecule is Cc1ccccc1C(=O)NCc1nnnn1-c1ccccc1. The van der Waals surface area contributed by atoms with Gasteiger partial charge in [-0.05, 0) is 41.1 Å². The molecule has 0 atom stereocenters. The second-order valence-electron chi connectivity index (χ2n) is 4.84. The molecule has 0 radical (unpaired) electrons. The third-order valence-corrected chi connectivity index (χ3v) is 3.33. The van der Waals surface area contributed by atoms with Crippen LogP contribution in [0.1, 0.15) is 21.7 Å². The summed E-state index contributed by atoms with van der Waals surface area (Å²) in [5.74, 6) is 0.439. The van der Waals surface area contributed by atoms with Crippen molar-refractivity contribution in [3.05, 3.63) is 71.5 Å². The molecule has 3 aromatic rings. The number of para-hydroxylation sites is 1. The van der Waals surface area contributed by atoms with Crippen LogP contribution < -0.4 is 5.32 Å². The van der Waals surface area contributed by atoms with Gasteiger partial charge in [0.2, 0.25) is 0 Å². The Labute approximate surface area is 127 Å². The number of aromatic nitrogens is 4. The normalized spacial score (nSPS) is 10.4. The van der Waals surface area contributed by atoms with Crippen molar-refractivity contribution in [3.63, 3.8) is 0 Å². The monoisotopic (exact) mass is 293 g/mol. The Hall–Kier alpha value is -3.02. The summed E-state index contributed by atoms with van der Waals surface area (Å²) in [6.45, 7) is 2.16. The maximum absolute atomic E-state index is 12.2. The molecule has 22 heavy (non-hydrogen) atoms. The quantitative estimate of drug-likeness (QED) is 0.797. The van der Waals surface area contributed by atoms with E-state index in [-0.39, 0.29) is 12.5 Å². The third kappa shape index (κ3) is 2.85. The summed E-state index contributed by atoms with van der Waals surface area (Å²) >= 11 is 0. The molecule has 0 aliphatic rings. The summed E-state index contributed by atoms with van der Waals surface area (Å²) in [7, 11) is 0. The minimum Gasteiger partial charge on any atom is -0.345 e. The summed E-state index contributed by atoms with van der Waals surface area (Å²) in [6.07, 6.45) is 0. The summed E-state index contributed by atoms with van der Waals surface area (Å²) in [5.41, 5.74) is 2.44. The van der Waals surface area contributed by atoms with E-state index in [0.717, 1.165) is 11.3 Å². The molecule has 6 heteroatoms. The van der Waals surface area contributed by atoms with Crippen molar-refractivity contribution in [1.29, 1.82) is 0 Å². The average molecular weight is 293 g/mol. The predicted molar refractivity (Wildman–Crippen MR) is 81.5 cm³/mol. The number of nitrogens with one attached hydrogen (secondary N) is 1. The zero-order valence-corrected chi connectivity index (χ0v) is 12.1. The van der Waals surface area contributed by atoms with Crippen LogP contribution in [0.5, 0.6) is 0 Å². The van der Waals surface area contributed by atoms with Gasteiger partial charge in [0.1, 0.15) is 0 Å². The van der Waals surface area contributed by atoms with E-state index in [1.807, 2.05) is 55.5 Å². The van der Waals surface area contributed by atoms with E-state index in [1.54, 1.807) is 10.7 Å². The first-order valence-corrected chi connectivity index (χ1v) is 6.92. The fourth-order valence-corrected chi connectivity index (χ4v) is 2.17. The van der Waals surface area contributed by atoms with Crippen LogP contribution >= 0.6 is 0 Å². The van der Waals surface area contributed by atoms with E-state index in [4.69, 9.17) is 0 Å². The molecule has 3 rings (SSSR count). The second kappa shape index (κ2) is 6.17. The van der Waals surface area contributed by atoms with Crippen LogP contribution in [0, 0.1) is 6.92 Å². The second-order valence-corrected chi connectivity index (χ2v) is 4.84. The Kier molecular flexibility index (Phi) is 3.91. The van der Waals surface area contributed by atoms with Gasteiger partial charge in [-0.25, -0.2) is 0 Å². The smallest absolute Gasteiger partial charge is 0.251 e. The summed E-state index contributed by atoms with van der Waals surface area (Å²) in [6, 6.07) is 17.0. The number of carbonyl (C=O) groups is 1. The first kappa shape index (κ1) is 13.9. The molecule has 110 valence electrons. The van der Waals surface area contributed by atoms with E-state index in [2.05, 4.69) is 20.8 Å². The number of tetrazole rings is 1. The molecule has 0 bridgehead atoms. The first-order valence-electron chi connectivity index (χ1n) is 6.92. The fourth-order valence-electron chi connectivity index (χ4n) is 2.17. The van der Waals surface area contributed by atoms with E-state index in [0.29, 0.717) is 11.4 Å². The zero-order chi connectivity index (χ0) is 15.4. The number of benzene rings is 2. The highest BCUT2D eigenvalue weighted by Gasteiger charge is 2.12. The molecule has 0 saturated carbocycles. The van der Waals surface area contributed by atoms with Gasteiger partial charge in [0.25, 0.3) is 5.91 Å². The molecule has 0 saturated heterocycles. The maximum Gasteiger partial charge on any atom is 0.251 e. The van der Waals surface area contributed by atoms with Crippen molar-refractivity contribution in [2.24, 2.45) is 0 Å². The fraction of sp³-hybridized carbons (Fsp3) is 0.125. The minimum absolute atomic E-state index is 0.138. The van der Waals surface area contributed by atoms with Crippen molar-refractivity contribution in [2.75, 3.05) is 0 Å². The van der Waals surface area contributed by atoms with Gasteiger partial charge in [0.05, 0.1) is 12.2 Å². The Balaban J connectivity index is 1.75. The molecule has 0 fully saturated rings. The highest BCUT2D eigenvalue weighted by atomic mass is 16.1. The van der Waals surface area contributed by atoms with Crippen LogP contribution in [-0.2, 0) is 6.54 Å². The van der Waals surface area contributed by atoms with E-state index in [1.165, 1.54) is 0 Å². The molecule has 1 N–H and O–H groups in total. The van der Waals surface area contributed by atoms with E-state index in [9.17, 15) is 4.79 Å². The predicted octanol–water partition coefficient (Wildman–Crippen LogP) is 1.90. The lowest BCUT2D eigenvalue weighted by Gasteiger charge is -2.08. The van der Waals surface area contributed by atoms with Crippen LogP contribution in [0.15, 0.2) is 54.6 Å². The highest BCUT2D eigenvalue weighted by Crippen LogP contribution is 2.09. The van der Waals surface area contributed by atoms with Gasteiger partial charge in [0.15, 0.2) is 5.82 Å².